The minimum Gasteiger partial charge on any atom is -0.392 e. The predicted molar refractivity (Wildman–Crippen MR) is 66.8 cm³/mol. The van der Waals surface area contributed by atoms with E-state index in [0.29, 0.717) is 6.04 Å². The van der Waals surface area contributed by atoms with Crippen molar-refractivity contribution in [2.45, 2.75) is 64.0 Å². The first kappa shape index (κ1) is 11.3. The van der Waals surface area contributed by atoms with Gasteiger partial charge in [-0.1, -0.05) is 19.8 Å². The fourth-order valence-electron chi connectivity index (χ4n) is 2.83. The van der Waals surface area contributed by atoms with Gasteiger partial charge in [0.15, 0.2) is 0 Å². The van der Waals surface area contributed by atoms with Crippen molar-refractivity contribution in [3.05, 3.63) is 18.0 Å². The molecule has 0 saturated heterocycles. The lowest BCUT2D eigenvalue weighted by molar-refractivity contribution is 0.102. The highest BCUT2D eigenvalue weighted by Crippen LogP contribution is 2.48. The van der Waals surface area contributed by atoms with E-state index in [4.69, 9.17) is 0 Å². The van der Waals surface area contributed by atoms with Gasteiger partial charge in [0.2, 0.25) is 0 Å². The van der Waals surface area contributed by atoms with Gasteiger partial charge in [-0.2, -0.15) is 5.10 Å². The molecule has 94 valence electrons. The largest absolute Gasteiger partial charge is 0.392 e. The van der Waals surface area contributed by atoms with Gasteiger partial charge >= 0.3 is 0 Å². The first-order valence-corrected chi connectivity index (χ1v) is 6.89. The third-order valence-electron chi connectivity index (χ3n) is 4.61. The number of aliphatic hydroxyl groups is 1. The third kappa shape index (κ3) is 2.25. The summed E-state index contributed by atoms with van der Waals surface area (Å²) in [6.45, 7) is 2.17. The molecule has 1 aromatic rings. The molecule has 3 heteroatoms. The third-order valence-corrected chi connectivity index (χ3v) is 4.61. The number of nitrogens with zero attached hydrogens (tertiary/aromatic N) is 2. The zero-order valence-corrected chi connectivity index (χ0v) is 10.6. The molecule has 3 nitrogen and oxygen atoms in total. The standard InChI is InChI=1S/C14H22N2O/c1-14(7-8-14)13(17)10-11-6-9-16(15-11)12-4-2-3-5-12/h6,9,12-13,17H,2-5,7-8,10H2,1H3. The van der Waals surface area contributed by atoms with E-state index in [1.165, 1.54) is 25.7 Å². The zero-order chi connectivity index (χ0) is 11.9. The van der Waals surface area contributed by atoms with Crippen LogP contribution in [0.15, 0.2) is 12.3 Å². The van der Waals surface area contributed by atoms with E-state index in [1.54, 1.807) is 0 Å². The fraction of sp³-hybridized carbons (Fsp3) is 0.786. The monoisotopic (exact) mass is 234 g/mol. The van der Waals surface area contributed by atoms with Gasteiger partial charge in [0.05, 0.1) is 17.8 Å². The Labute approximate surface area is 103 Å². The Morgan fingerprint density at radius 2 is 2.18 bits per heavy atom. The van der Waals surface area contributed by atoms with Gasteiger partial charge in [0.25, 0.3) is 0 Å². The normalized spacial score (nSPS) is 25.1. The molecule has 1 heterocycles. The number of aromatic nitrogens is 2. The first-order valence-electron chi connectivity index (χ1n) is 6.89. The van der Waals surface area contributed by atoms with Gasteiger partial charge in [-0.05, 0) is 37.2 Å². The lowest BCUT2D eigenvalue weighted by atomic mass is 9.98. The number of aliphatic hydroxyl groups excluding tert-OH is 1. The van der Waals surface area contributed by atoms with E-state index in [0.717, 1.165) is 25.0 Å². The Morgan fingerprint density at radius 1 is 1.47 bits per heavy atom. The van der Waals surface area contributed by atoms with Gasteiger partial charge in [-0.15, -0.1) is 0 Å². The van der Waals surface area contributed by atoms with E-state index in [-0.39, 0.29) is 11.5 Å². The Kier molecular flexibility index (Phi) is 2.74. The topological polar surface area (TPSA) is 38.0 Å². The van der Waals surface area contributed by atoms with Crippen LogP contribution in [0.1, 0.15) is 57.2 Å². The molecule has 0 bridgehead atoms. The van der Waals surface area contributed by atoms with Crippen LogP contribution in [0.5, 0.6) is 0 Å². The Balaban J connectivity index is 1.63. The maximum absolute atomic E-state index is 10.1. The van der Waals surface area contributed by atoms with Gasteiger partial charge < -0.3 is 5.11 Å². The summed E-state index contributed by atoms with van der Waals surface area (Å²) in [7, 11) is 0. The van der Waals surface area contributed by atoms with E-state index < -0.39 is 0 Å². The molecule has 1 unspecified atom stereocenters. The molecular formula is C14H22N2O. The molecule has 2 saturated carbocycles. The van der Waals surface area contributed by atoms with E-state index in [1.807, 2.05) is 0 Å². The van der Waals surface area contributed by atoms with Gasteiger partial charge in [0, 0.05) is 12.6 Å². The van der Waals surface area contributed by atoms with Gasteiger partial charge in [-0.25, -0.2) is 0 Å². The summed E-state index contributed by atoms with van der Waals surface area (Å²) in [6.07, 6.45) is 10.1. The molecule has 17 heavy (non-hydrogen) atoms. The Hall–Kier alpha value is -0.830. The molecule has 0 radical (unpaired) electrons. The van der Waals surface area contributed by atoms with Crippen LogP contribution in [0.25, 0.3) is 0 Å². The van der Waals surface area contributed by atoms with Crippen molar-refractivity contribution < 1.29 is 5.11 Å². The minimum absolute atomic E-state index is 0.178. The molecule has 0 aromatic carbocycles. The summed E-state index contributed by atoms with van der Waals surface area (Å²) < 4.78 is 2.12. The SMILES string of the molecule is CC1(C(O)Cc2ccn(C3CCCC3)n2)CC1. The summed E-state index contributed by atoms with van der Waals surface area (Å²) in [5, 5.41) is 14.8. The van der Waals surface area contributed by atoms with Crippen molar-refractivity contribution >= 4 is 0 Å². The van der Waals surface area contributed by atoms with Crippen LogP contribution in [-0.4, -0.2) is 21.0 Å². The number of hydrogen-bond acceptors (Lipinski definition) is 2. The molecule has 0 amide bonds. The molecule has 0 aliphatic heterocycles. The highest BCUT2D eigenvalue weighted by Gasteiger charge is 2.44. The van der Waals surface area contributed by atoms with E-state index >= 15 is 0 Å². The molecular weight excluding hydrogens is 212 g/mol. The van der Waals surface area contributed by atoms with Crippen molar-refractivity contribution in [3.8, 4) is 0 Å². The van der Waals surface area contributed by atoms with Crippen LogP contribution in [-0.2, 0) is 6.42 Å². The molecule has 0 spiro atoms. The smallest absolute Gasteiger partial charge is 0.0650 e. The minimum atomic E-state index is -0.213. The Morgan fingerprint density at radius 3 is 2.82 bits per heavy atom. The zero-order valence-electron chi connectivity index (χ0n) is 10.6. The lowest BCUT2D eigenvalue weighted by Crippen LogP contribution is -2.21. The van der Waals surface area contributed by atoms with Gasteiger partial charge in [0.1, 0.15) is 0 Å². The molecule has 2 fully saturated rings. The van der Waals surface area contributed by atoms with E-state index in [9.17, 15) is 5.11 Å². The predicted octanol–water partition coefficient (Wildman–Crippen LogP) is 2.70. The Bertz CT molecular complexity index is 389. The van der Waals surface area contributed by atoms with Crippen molar-refractivity contribution in [1.82, 2.24) is 9.78 Å². The second kappa shape index (κ2) is 4.13. The molecule has 1 N–H and O–H groups in total. The summed E-state index contributed by atoms with van der Waals surface area (Å²) in [5.74, 6) is 0. The van der Waals surface area contributed by atoms with Crippen molar-refractivity contribution in [2.24, 2.45) is 5.41 Å². The summed E-state index contributed by atoms with van der Waals surface area (Å²) >= 11 is 0. The van der Waals surface area contributed by atoms with Crippen LogP contribution in [0.4, 0.5) is 0 Å². The van der Waals surface area contributed by atoms with E-state index in [2.05, 4.69) is 29.0 Å². The highest BCUT2D eigenvalue weighted by molar-refractivity contribution is 5.06. The van der Waals surface area contributed by atoms with Crippen LogP contribution in [0, 0.1) is 5.41 Å². The van der Waals surface area contributed by atoms with Crippen molar-refractivity contribution in [3.63, 3.8) is 0 Å². The molecule has 2 aliphatic carbocycles. The van der Waals surface area contributed by atoms with Crippen LogP contribution < -0.4 is 0 Å². The average molecular weight is 234 g/mol. The maximum Gasteiger partial charge on any atom is 0.0650 e. The second-order valence-corrected chi connectivity index (χ2v) is 6.10. The van der Waals surface area contributed by atoms with Crippen molar-refractivity contribution in [2.75, 3.05) is 0 Å². The van der Waals surface area contributed by atoms with Crippen molar-refractivity contribution in [1.29, 1.82) is 0 Å². The summed E-state index contributed by atoms with van der Waals surface area (Å²) in [5.41, 5.74) is 1.23. The number of hydrogen-bond donors (Lipinski definition) is 1. The van der Waals surface area contributed by atoms with Crippen LogP contribution in [0.2, 0.25) is 0 Å². The summed E-state index contributed by atoms with van der Waals surface area (Å²) in [4.78, 5) is 0. The average Bonchev–Trinajstić information content (AvgIpc) is 2.76. The van der Waals surface area contributed by atoms with Gasteiger partial charge in [-0.3, -0.25) is 4.68 Å². The second-order valence-electron chi connectivity index (χ2n) is 6.10. The quantitative estimate of drug-likeness (QED) is 0.869. The molecule has 3 rings (SSSR count). The molecule has 1 aromatic heterocycles. The molecule has 2 aliphatic rings. The first-order chi connectivity index (χ1) is 8.17. The highest BCUT2D eigenvalue weighted by atomic mass is 16.3. The molecule has 1 atom stereocenters. The lowest BCUT2D eigenvalue weighted by Gasteiger charge is -2.16. The number of rotatable bonds is 4. The van der Waals surface area contributed by atoms with Crippen LogP contribution >= 0.6 is 0 Å². The fourth-order valence-corrected chi connectivity index (χ4v) is 2.83. The summed E-state index contributed by atoms with van der Waals surface area (Å²) in [6, 6.07) is 2.69. The van der Waals surface area contributed by atoms with Crippen LogP contribution in [0.3, 0.4) is 0 Å². The maximum atomic E-state index is 10.1.